The molecule has 236 valence electrons. The summed E-state index contributed by atoms with van der Waals surface area (Å²) in [6.07, 6.45) is 6.47. The molecule has 1 aliphatic carbocycles. The molecule has 3 aliphatic heterocycles. The van der Waals surface area contributed by atoms with Gasteiger partial charge in [-0.3, -0.25) is 14.4 Å². The Balaban J connectivity index is 1.47. The maximum absolute atomic E-state index is 14.6. The average Bonchev–Trinajstić information content (AvgIpc) is 3.63. The molecule has 3 atom stereocenters. The maximum atomic E-state index is 14.6. The highest BCUT2D eigenvalue weighted by atomic mass is 16.5. The first-order valence-corrected chi connectivity index (χ1v) is 16.1. The van der Waals surface area contributed by atoms with Crippen LogP contribution in [0.2, 0.25) is 0 Å². The monoisotopic (exact) mass is 594 g/mol. The lowest BCUT2D eigenvalue weighted by Gasteiger charge is -2.47. The van der Waals surface area contributed by atoms with Gasteiger partial charge >= 0.3 is 5.97 Å². The number of hydrogen-bond acceptors (Lipinski definition) is 6. The van der Waals surface area contributed by atoms with Crippen LogP contribution in [0.4, 0.5) is 0 Å². The lowest BCUT2D eigenvalue weighted by atomic mass is 9.69. The fraction of sp³-hybridized carbons (Fsp3) is 0.706. The van der Waals surface area contributed by atoms with Gasteiger partial charge in [-0.1, -0.05) is 53.7 Å². The van der Waals surface area contributed by atoms with Gasteiger partial charge in [-0.25, -0.2) is 4.99 Å². The van der Waals surface area contributed by atoms with E-state index in [1.807, 2.05) is 12.1 Å². The fourth-order valence-electron chi connectivity index (χ4n) is 7.43. The van der Waals surface area contributed by atoms with E-state index in [0.717, 1.165) is 57.1 Å². The Kier molecular flexibility index (Phi) is 8.69. The second-order valence-electron chi connectivity index (χ2n) is 15.4. The van der Waals surface area contributed by atoms with E-state index in [2.05, 4.69) is 56.7 Å². The van der Waals surface area contributed by atoms with Gasteiger partial charge in [0.25, 0.3) is 11.8 Å². The minimum Gasteiger partial charge on any atom is -0.481 e. The number of nitrogens with one attached hydrogen (secondary N) is 1. The number of nitrogens with zero attached hydrogens (tertiary/aromatic N) is 3. The Hall–Kier alpha value is -2.94. The Bertz CT molecular complexity index is 1240. The second-order valence-corrected chi connectivity index (χ2v) is 15.4. The minimum absolute atomic E-state index is 0.0242. The molecule has 2 bridgehead atoms. The van der Waals surface area contributed by atoms with E-state index in [1.165, 1.54) is 0 Å². The van der Waals surface area contributed by atoms with E-state index >= 15 is 0 Å². The third-order valence-electron chi connectivity index (χ3n) is 10.0. The molecule has 5 rings (SSSR count). The predicted molar refractivity (Wildman–Crippen MR) is 166 cm³/mol. The van der Waals surface area contributed by atoms with Crippen molar-refractivity contribution in [2.75, 3.05) is 19.7 Å². The van der Waals surface area contributed by atoms with Crippen molar-refractivity contribution in [2.24, 2.45) is 21.7 Å². The highest BCUT2D eigenvalue weighted by Gasteiger charge is 2.55. The molecule has 2 saturated heterocycles. The summed E-state index contributed by atoms with van der Waals surface area (Å²) in [6.45, 7) is 15.1. The van der Waals surface area contributed by atoms with Gasteiger partial charge in [-0.15, -0.1) is 0 Å². The number of aliphatic imine (C=N–C) groups is 1. The Labute approximate surface area is 256 Å². The smallest absolute Gasteiger partial charge is 0.305 e. The molecule has 2 N–H and O–H groups in total. The number of amidine groups is 1. The number of carbonyl (C=O) groups excluding carboxylic acids is 2. The molecule has 0 aromatic heterocycles. The molecule has 0 radical (unpaired) electrons. The van der Waals surface area contributed by atoms with Gasteiger partial charge in [0.05, 0.1) is 31.2 Å². The zero-order valence-electron chi connectivity index (χ0n) is 26.8. The van der Waals surface area contributed by atoms with Crippen molar-refractivity contribution in [1.29, 1.82) is 0 Å². The Morgan fingerprint density at radius 1 is 1.12 bits per heavy atom. The van der Waals surface area contributed by atoms with Gasteiger partial charge < -0.3 is 25.0 Å². The van der Waals surface area contributed by atoms with Gasteiger partial charge in [0.2, 0.25) is 0 Å². The van der Waals surface area contributed by atoms with Crippen LogP contribution in [0, 0.1) is 16.7 Å². The maximum Gasteiger partial charge on any atom is 0.305 e. The third-order valence-corrected chi connectivity index (χ3v) is 10.0. The standard InChI is InChI=1S/C34H50N4O5/c1-32(2,3)15-13-27(22-7-9-23(10-8-22)30(41)35-18-14-28(39)40)38-31(42)29(37-20-26-19-25(37)21-43-26)36-34(38)16-11-24(12-17-34)33(4,5)6/h7-10,24-27H,11-21H2,1-6H3,(H,35,41)(H,39,40)/t24?,25?,26-,27-,34?/m1/s1. The summed E-state index contributed by atoms with van der Waals surface area (Å²) < 4.78 is 5.87. The van der Waals surface area contributed by atoms with Crippen LogP contribution < -0.4 is 5.32 Å². The van der Waals surface area contributed by atoms with Gasteiger partial charge in [0, 0.05) is 18.7 Å². The van der Waals surface area contributed by atoms with Crippen molar-refractivity contribution in [1.82, 2.24) is 15.1 Å². The van der Waals surface area contributed by atoms with Crippen molar-refractivity contribution >= 4 is 23.6 Å². The molecule has 9 nitrogen and oxygen atoms in total. The largest absolute Gasteiger partial charge is 0.481 e. The number of ether oxygens (including phenoxy) is 1. The fourth-order valence-corrected chi connectivity index (χ4v) is 7.43. The molecule has 1 unspecified atom stereocenters. The molecule has 4 aliphatic rings. The van der Waals surface area contributed by atoms with Crippen molar-refractivity contribution in [3.63, 3.8) is 0 Å². The number of carboxylic acid groups (broad SMARTS) is 1. The Morgan fingerprint density at radius 3 is 2.33 bits per heavy atom. The number of aliphatic carboxylic acids is 1. The highest BCUT2D eigenvalue weighted by Crippen LogP contribution is 2.50. The van der Waals surface area contributed by atoms with Crippen LogP contribution in [0.5, 0.6) is 0 Å². The summed E-state index contributed by atoms with van der Waals surface area (Å²) in [4.78, 5) is 47.9. The topological polar surface area (TPSA) is 112 Å². The molecule has 1 spiro atoms. The summed E-state index contributed by atoms with van der Waals surface area (Å²) >= 11 is 0. The van der Waals surface area contributed by atoms with Crippen LogP contribution in [-0.4, -0.2) is 76.0 Å². The molecule has 1 aromatic rings. The highest BCUT2D eigenvalue weighted by molar-refractivity contribution is 6.39. The van der Waals surface area contributed by atoms with Crippen molar-refractivity contribution in [2.45, 2.75) is 117 Å². The second kappa shape index (κ2) is 11.9. The first kappa shape index (κ1) is 31.5. The summed E-state index contributed by atoms with van der Waals surface area (Å²) in [5.41, 5.74) is 1.19. The Morgan fingerprint density at radius 2 is 1.79 bits per heavy atom. The van der Waals surface area contributed by atoms with E-state index in [9.17, 15) is 14.4 Å². The number of fused-ring (bicyclic) bond motifs is 2. The minimum atomic E-state index is -0.950. The average molecular weight is 595 g/mol. The molecular formula is C34H50N4O5. The number of hydrogen-bond donors (Lipinski definition) is 2. The summed E-state index contributed by atoms with van der Waals surface area (Å²) in [5.74, 6) is -0.0343. The molecule has 43 heavy (non-hydrogen) atoms. The number of carbonyl (C=O) groups is 3. The quantitative estimate of drug-likeness (QED) is 0.417. The predicted octanol–water partition coefficient (Wildman–Crippen LogP) is 5.40. The van der Waals surface area contributed by atoms with E-state index in [0.29, 0.717) is 23.9 Å². The van der Waals surface area contributed by atoms with Gasteiger partial charge in [-0.2, -0.15) is 0 Å². The molecule has 9 heteroatoms. The molecule has 2 amide bonds. The van der Waals surface area contributed by atoms with Crippen molar-refractivity contribution in [3.05, 3.63) is 35.4 Å². The number of likely N-dealkylation sites (tertiary alicyclic amines) is 1. The first-order chi connectivity index (χ1) is 20.2. The summed E-state index contributed by atoms with van der Waals surface area (Å²) in [7, 11) is 0. The number of carboxylic acids is 1. The van der Waals surface area contributed by atoms with E-state index in [1.54, 1.807) is 12.1 Å². The molecule has 1 saturated carbocycles. The summed E-state index contributed by atoms with van der Waals surface area (Å²) in [5, 5.41) is 11.6. The molecule has 3 heterocycles. The number of benzene rings is 1. The summed E-state index contributed by atoms with van der Waals surface area (Å²) in [6, 6.07) is 7.53. The lowest BCUT2D eigenvalue weighted by Crippen LogP contribution is -2.53. The van der Waals surface area contributed by atoms with E-state index in [4.69, 9.17) is 14.8 Å². The SMILES string of the molecule is CC(C)(C)CC[C@H](c1ccc(C(=O)NCCC(=O)O)cc1)N1C(=O)C(N2C[C@H]3CC2CO3)=NC12CCC(C(C)(C)C)CC2. The van der Waals surface area contributed by atoms with Crippen LogP contribution in [0.15, 0.2) is 29.3 Å². The van der Waals surface area contributed by atoms with E-state index < -0.39 is 11.6 Å². The van der Waals surface area contributed by atoms with Gasteiger partial charge in [-0.05, 0) is 79.4 Å². The van der Waals surface area contributed by atoms with Crippen LogP contribution >= 0.6 is 0 Å². The zero-order valence-corrected chi connectivity index (χ0v) is 26.8. The molecule has 1 aromatic carbocycles. The zero-order chi connectivity index (χ0) is 31.2. The van der Waals surface area contributed by atoms with Crippen LogP contribution in [-0.2, 0) is 14.3 Å². The lowest BCUT2D eigenvalue weighted by molar-refractivity contribution is -0.137. The molecule has 3 fully saturated rings. The number of rotatable bonds is 8. The van der Waals surface area contributed by atoms with Gasteiger partial charge in [0.1, 0.15) is 5.66 Å². The van der Waals surface area contributed by atoms with Crippen LogP contribution in [0.3, 0.4) is 0 Å². The van der Waals surface area contributed by atoms with Gasteiger partial charge in [0.15, 0.2) is 5.84 Å². The third kappa shape index (κ3) is 6.76. The van der Waals surface area contributed by atoms with Crippen molar-refractivity contribution in [3.8, 4) is 0 Å². The van der Waals surface area contributed by atoms with Crippen LogP contribution in [0.25, 0.3) is 0 Å². The van der Waals surface area contributed by atoms with E-state index in [-0.39, 0.29) is 53.8 Å². The first-order valence-electron chi connectivity index (χ1n) is 16.1. The number of amides is 2. The van der Waals surface area contributed by atoms with Crippen LogP contribution in [0.1, 0.15) is 115 Å². The normalized spacial score (nSPS) is 28.0. The van der Waals surface area contributed by atoms with Crippen molar-refractivity contribution < 1.29 is 24.2 Å². The molecular weight excluding hydrogens is 544 g/mol. The number of morpholine rings is 1.